The van der Waals surface area contributed by atoms with Crippen molar-refractivity contribution < 1.29 is 9.53 Å². The van der Waals surface area contributed by atoms with Gasteiger partial charge >= 0.3 is 0 Å². The number of carbonyl (C=O) groups excluding carboxylic acids is 1. The fourth-order valence-corrected chi connectivity index (χ4v) is 3.83. The van der Waals surface area contributed by atoms with Gasteiger partial charge in [-0.25, -0.2) is 0 Å². The summed E-state index contributed by atoms with van der Waals surface area (Å²) in [6.45, 7) is 0.823. The van der Waals surface area contributed by atoms with Crippen molar-refractivity contribution in [2.75, 3.05) is 19.0 Å². The van der Waals surface area contributed by atoms with Crippen LogP contribution in [0.25, 0.3) is 0 Å². The van der Waals surface area contributed by atoms with Gasteiger partial charge in [0.1, 0.15) is 5.75 Å². The highest BCUT2D eigenvalue weighted by Gasteiger charge is 2.55. The second-order valence-electron chi connectivity index (χ2n) is 5.88. The van der Waals surface area contributed by atoms with E-state index < -0.39 is 5.41 Å². The van der Waals surface area contributed by atoms with Gasteiger partial charge in [0.2, 0.25) is 5.91 Å². The summed E-state index contributed by atoms with van der Waals surface area (Å²) < 4.78 is 5.33. The van der Waals surface area contributed by atoms with E-state index in [-0.39, 0.29) is 11.9 Å². The average Bonchev–Trinajstić information content (AvgIpc) is 3.12. The van der Waals surface area contributed by atoms with Gasteiger partial charge in [-0.05, 0) is 42.3 Å². The van der Waals surface area contributed by atoms with Gasteiger partial charge in [-0.15, -0.1) is 0 Å². The number of carbonyl (C=O) groups is 1. The van der Waals surface area contributed by atoms with E-state index >= 15 is 0 Å². The van der Waals surface area contributed by atoms with E-state index in [0.29, 0.717) is 0 Å². The van der Waals surface area contributed by atoms with Gasteiger partial charge in [0, 0.05) is 5.69 Å². The Hall–Kier alpha value is -2.33. The molecule has 2 atom stereocenters. The predicted molar refractivity (Wildman–Crippen MR) is 85.1 cm³/mol. The summed E-state index contributed by atoms with van der Waals surface area (Å²) in [7, 11) is 1.66. The lowest BCUT2D eigenvalue weighted by Gasteiger charge is -2.29. The van der Waals surface area contributed by atoms with Crippen molar-refractivity contribution in [1.29, 1.82) is 0 Å². The van der Waals surface area contributed by atoms with Crippen LogP contribution in [0.2, 0.25) is 0 Å². The van der Waals surface area contributed by atoms with Gasteiger partial charge in [0.15, 0.2) is 0 Å². The van der Waals surface area contributed by atoms with Crippen LogP contribution in [0, 0.1) is 0 Å². The van der Waals surface area contributed by atoms with Crippen molar-refractivity contribution in [3.8, 4) is 5.75 Å². The maximum absolute atomic E-state index is 12.8. The molecule has 4 nitrogen and oxygen atoms in total. The van der Waals surface area contributed by atoms with Gasteiger partial charge in [-0.2, -0.15) is 0 Å². The van der Waals surface area contributed by atoms with Gasteiger partial charge in [0.05, 0.1) is 18.6 Å². The molecule has 0 aromatic heterocycles. The van der Waals surface area contributed by atoms with Crippen LogP contribution in [0.5, 0.6) is 5.75 Å². The molecular formula is C18H18N2O2. The van der Waals surface area contributed by atoms with Gasteiger partial charge in [-0.3, -0.25) is 4.79 Å². The SMILES string of the molecule is COc1cccc([C@H]2NCC[C@]23C(=O)Nc2ccccc23)c1. The molecule has 0 radical (unpaired) electrons. The molecule has 2 aliphatic heterocycles. The highest BCUT2D eigenvalue weighted by Crippen LogP contribution is 2.51. The molecule has 1 fully saturated rings. The first-order valence-electron chi connectivity index (χ1n) is 7.54. The number of hydrogen-bond donors (Lipinski definition) is 2. The summed E-state index contributed by atoms with van der Waals surface area (Å²) >= 11 is 0. The lowest BCUT2D eigenvalue weighted by atomic mass is 9.73. The van der Waals surface area contributed by atoms with Gasteiger partial charge in [0.25, 0.3) is 0 Å². The second-order valence-corrected chi connectivity index (χ2v) is 5.88. The number of methoxy groups -OCH3 is 1. The number of ether oxygens (including phenoxy) is 1. The van der Waals surface area contributed by atoms with Crippen molar-refractivity contribution in [1.82, 2.24) is 5.32 Å². The Kier molecular flexibility index (Phi) is 2.94. The second kappa shape index (κ2) is 4.85. The smallest absolute Gasteiger partial charge is 0.237 e. The standard InChI is InChI=1S/C18H18N2O2/c1-22-13-6-4-5-12(11-13)16-18(9-10-19-16)14-7-2-3-8-15(14)20-17(18)21/h2-8,11,16,19H,9-10H2,1H3,(H,20,21)/t16-,18-/m1/s1. The van der Waals surface area contributed by atoms with Crippen molar-refractivity contribution >= 4 is 11.6 Å². The lowest BCUT2D eigenvalue weighted by molar-refractivity contribution is -0.121. The molecular weight excluding hydrogens is 276 g/mol. The van der Waals surface area contributed by atoms with E-state index in [0.717, 1.165) is 35.5 Å². The minimum Gasteiger partial charge on any atom is -0.497 e. The molecule has 4 rings (SSSR count). The number of anilines is 1. The van der Waals surface area contributed by atoms with Crippen molar-refractivity contribution in [3.05, 3.63) is 59.7 Å². The van der Waals surface area contributed by atoms with Crippen LogP contribution in [-0.4, -0.2) is 19.6 Å². The molecule has 2 aromatic carbocycles. The third kappa shape index (κ3) is 1.70. The Balaban J connectivity index is 1.85. The van der Waals surface area contributed by atoms with Crippen LogP contribution in [0.15, 0.2) is 48.5 Å². The summed E-state index contributed by atoms with van der Waals surface area (Å²) in [6, 6.07) is 15.9. The summed E-state index contributed by atoms with van der Waals surface area (Å²) in [6.07, 6.45) is 0.803. The third-order valence-corrected chi connectivity index (χ3v) is 4.85. The molecule has 0 bridgehead atoms. The number of benzene rings is 2. The molecule has 2 aromatic rings. The van der Waals surface area contributed by atoms with E-state index in [1.54, 1.807) is 7.11 Å². The number of nitrogens with one attached hydrogen (secondary N) is 2. The third-order valence-electron chi connectivity index (χ3n) is 4.85. The van der Waals surface area contributed by atoms with Crippen LogP contribution < -0.4 is 15.4 Å². The van der Waals surface area contributed by atoms with Crippen LogP contribution in [-0.2, 0) is 10.2 Å². The maximum atomic E-state index is 12.8. The topological polar surface area (TPSA) is 50.4 Å². The van der Waals surface area contributed by atoms with Crippen molar-refractivity contribution in [2.45, 2.75) is 17.9 Å². The maximum Gasteiger partial charge on any atom is 0.237 e. The zero-order valence-electron chi connectivity index (χ0n) is 12.4. The predicted octanol–water partition coefficient (Wildman–Crippen LogP) is 2.62. The fourth-order valence-electron chi connectivity index (χ4n) is 3.83. The van der Waals surface area contributed by atoms with Gasteiger partial charge < -0.3 is 15.4 Å². The Morgan fingerprint density at radius 3 is 2.91 bits per heavy atom. The molecule has 2 heterocycles. The first-order valence-corrected chi connectivity index (χ1v) is 7.54. The minimum absolute atomic E-state index is 0.0359. The Morgan fingerprint density at radius 2 is 2.05 bits per heavy atom. The zero-order chi connectivity index (χ0) is 15.2. The zero-order valence-corrected chi connectivity index (χ0v) is 12.4. The quantitative estimate of drug-likeness (QED) is 0.895. The molecule has 2 N–H and O–H groups in total. The molecule has 0 saturated carbocycles. The average molecular weight is 294 g/mol. The first-order chi connectivity index (χ1) is 10.8. The summed E-state index contributed by atoms with van der Waals surface area (Å²) in [5.74, 6) is 0.902. The highest BCUT2D eigenvalue weighted by molar-refractivity contribution is 6.07. The van der Waals surface area contributed by atoms with E-state index in [1.807, 2.05) is 36.4 Å². The van der Waals surface area contributed by atoms with Crippen LogP contribution in [0.4, 0.5) is 5.69 Å². The van der Waals surface area contributed by atoms with Gasteiger partial charge in [-0.1, -0.05) is 30.3 Å². The molecule has 1 saturated heterocycles. The monoisotopic (exact) mass is 294 g/mol. The van der Waals surface area contributed by atoms with E-state index in [9.17, 15) is 4.79 Å². The molecule has 1 amide bonds. The summed E-state index contributed by atoms with van der Waals surface area (Å²) in [5.41, 5.74) is 2.59. The van der Waals surface area contributed by atoms with Crippen LogP contribution >= 0.6 is 0 Å². The van der Waals surface area contributed by atoms with Crippen LogP contribution in [0.3, 0.4) is 0 Å². The molecule has 112 valence electrons. The summed E-state index contributed by atoms with van der Waals surface area (Å²) in [5, 5.41) is 6.56. The van der Waals surface area contributed by atoms with Crippen LogP contribution in [0.1, 0.15) is 23.6 Å². The fraction of sp³-hybridized carbons (Fsp3) is 0.278. The first kappa shape index (κ1) is 13.3. The number of fused-ring (bicyclic) bond motifs is 2. The molecule has 22 heavy (non-hydrogen) atoms. The Labute approximate surface area is 129 Å². The van der Waals surface area contributed by atoms with Crippen molar-refractivity contribution in [2.24, 2.45) is 0 Å². The molecule has 0 unspecified atom stereocenters. The molecule has 1 spiro atoms. The number of rotatable bonds is 2. The van der Waals surface area contributed by atoms with E-state index in [2.05, 4.69) is 22.8 Å². The van der Waals surface area contributed by atoms with E-state index in [1.165, 1.54) is 0 Å². The van der Waals surface area contributed by atoms with E-state index in [4.69, 9.17) is 4.74 Å². The summed E-state index contributed by atoms with van der Waals surface area (Å²) in [4.78, 5) is 12.8. The molecule has 4 heteroatoms. The normalized spacial score (nSPS) is 26.0. The molecule has 2 aliphatic rings. The Bertz CT molecular complexity index is 743. The molecule has 0 aliphatic carbocycles. The largest absolute Gasteiger partial charge is 0.497 e. The lowest BCUT2D eigenvalue weighted by Crippen LogP contribution is -2.39. The number of hydrogen-bond acceptors (Lipinski definition) is 3. The highest BCUT2D eigenvalue weighted by atomic mass is 16.5. The number of para-hydroxylation sites is 1. The van der Waals surface area contributed by atoms with Crippen molar-refractivity contribution in [3.63, 3.8) is 0 Å². The Morgan fingerprint density at radius 1 is 1.18 bits per heavy atom. The number of amides is 1. The minimum atomic E-state index is -0.525.